The first-order chi connectivity index (χ1) is 6.08. The number of rotatable bonds is 5. The zero-order chi connectivity index (χ0) is 10.4. The monoisotopic (exact) mass is 185 g/mol. The van der Waals surface area contributed by atoms with Gasteiger partial charge < -0.3 is 10.0 Å². The maximum Gasteiger partial charge on any atom is 0.333 e. The van der Waals surface area contributed by atoms with Gasteiger partial charge in [-0.25, -0.2) is 4.79 Å². The van der Waals surface area contributed by atoms with Gasteiger partial charge in [0.15, 0.2) is 0 Å². The summed E-state index contributed by atoms with van der Waals surface area (Å²) >= 11 is 0. The molecule has 0 unspecified atom stereocenters. The van der Waals surface area contributed by atoms with Crippen molar-refractivity contribution in [2.75, 3.05) is 13.1 Å². The van der Waals surface area contributed by atoms with Gasteiger partial charge in [0.25, 0.3) is 0 Å². The van der Waals surface area contributed by atoms with E-state index >= 15 is 0 Å². The average molecular weight is 185 g/mol. The Morgan fingerprint density at radius 3 is 1.92 bits per heavy atom. The van der Waals surface area contributed by atoms with Crippen LogP contribution in [0.4, 0.5) is 0 Å². The van der Waals surface area contributed by atoms with Crippen LogP contribution in [-0.4, -0.2) is 29.1 Å². The van der Waals surface area contributed by atoms with Crippen LogP contribution in [0.3, 0.4) is 0 Å². The summed E-state index contributed by atoms with van der Waals surface area (Å²) in [7, 11) is 0. The highest BCUT2D eigenvalue weighted by molar-refractivity contribution is 5.87. The van der Waals surface area contributed by atoms with Crippen molar-refractivity contribution in [1.29, 1.82) is 0 Å². The lowest BCUT2D eigenvalue weighted by molar-refractivity contribution is -0.132. The van der Waals surface area contributed by atoms with Crippen molar-refractivity contribution in [2.45, 2.75) is 34.1 Å². The Morgan fingerprint density at radius 1 is 1.23 bits per heavy atom. The molecule has 0 rings (SSSR count). The van der Waals surface area contributed by atoms with Crippen molar-refractivity contribution >= 4 is 5.97 Å². The van der Waals surface area contributed by atoms with Crippen LogP contribution in [-0.2, 0) is 4.79 Å². The van der Waals surface area contributed by atoms with Crippen molar-refractivity contribution in [3.8, 4) is 0 Å². The highest BCUT2D eigenvalue weighted by atomic mass is 16.4. The number of hydrogen-bond donors (Lipinski definition) is 1. The van der Waals surface area contributed by atoms with Crippen LogP contribution in [0.25, 0.3) is 0 Å². The van der Waals surface area contributed by atoms with Crippen molar-refractivity contribution in [3.05, 3.63) is 11.3 Å². The van der Waals surface area contributed by atoms with Gasteiger partial charge in [0.1, 0.15) is 0 Å². The molecule has 13 heavy (non-hydrogen) atoms. The lowest BCUT2D eigenvalue weighted by Gasteiger charge is -2.23. The predicted molar refractivity (Wildman–Crippen MR) is 53.5 cm³/mol. The molecule has 0 aromatic rings. The number of carboxylic acids is 1. The average Bonchev–Trinajstić information content (AvgIpc) is 2.07. The first-order valence-corrected chi connectivity index (χ1v) is 4.76. The molecular weight excluding hydrogens is 166 g/mol. The summed E-state index contributed by atoms with van der Waals surface area (Å²) < 4.78 is 0. The maximum absolute atomic E-state index is 10.8. The molecule has 0 aliphatic carbocycles. The number of hydrogen-bond acceptors (Lipinski definition) is 2. The van der Waals surface area contributed by atoms with E-state index in [1.165, 1.54) is 0 Å². The predicted octanol–water partition coefficient (Wildman–Crippen LogP) is 2.10. The largest absolute Gasteiger partial charge is 0.478 e. The first kappa shape index (κ1) is 12.0. The summed E-state index contributed by atoms with van der Waals surface area (Å²) in [5, 5.41) is 8.90. The molecule has 0 aliphatic rings. The summed E-state index contributed by atoms with van der Waals surface area (Å²) in [5.41, 5.74) is 1.41. The third-order valence-electron chi connectivity index (χ3n) is 2.29. The van der Waals surface area contributed by atoms with Crippen molar-refractivity contribution in [3.63, 3.8) is 0 Å². The molecule has 0 saturated heterocycles. The van der Waals surface area contributed by atoms with E-state index in [2.05, 4.69) is 4.90 Å². The van der Waals surface area contributed by atoms with E-state index in [1.54, 1.807) is 0 Å². The smallest absolute Gasteiger partial charge is 0.333 e. The lowest BCUT2D eigenvalue weighted by atomic mass is 10.1. The summed E-state index contributed by atoms with van der Waals surface area (Å²) in [4.78, 5) is 12.9. The summed E-state index contributed by atoms with van der Waals surface area (Å²) in [6, 6.07) is 0. The molecule has 3 heteroatoms. The van der Waals surface area contributed by atoms with E-state index in [1.807, 2.05) is 27.7 Å². The van der Waals surface area contributed by atoms with E-state index < -0.39 is 5.97 Å². The minimum atomic E-state index is -0.799. The molecule has 3 nitrogen and oxygen atoms in total. The molecule has 0 atom stereocenters. The molecule has 0 bridgehead atoms. The van der Waals surface area contributed by atoms with Crippen LogP contribution < -0.4 is 0 Å². The first-order valence-electron chi connectivity index (χ1n) is 4.76. The fourth-order valence-corrected chi connectivity index (χ4v) is 1.45. The molecule has 0 spiro atoms. The standard InChI is InChI=1S/C10H19NO2/c1-5-9(10(12)13)8(4)11(6-2)7-3/h5-7H2,1-4H3,(H,12,13). The zero-order valence-electron chi connectivity index (χ0n) is 8.92. The number of carboxylic acid groups (broad SMARTS) is 1. The Hall–Kier alpha value is -0.990. The van der Waals surface area contributed by atoms with Crippen LogP contribution in [0, 0.1) is 0 Å². The van der Waals surface area contributed by atoms with E-state index in [9.17, 15) is 4.79 Å². The Labute approximate surface area is 80.0 Å². The van der Waals surface area contributed by atoms with Gasteiger partial charge in [-0.3, -0.25) is 0 Å². The highest BCUT2D eigenvalue weighted by Gasteiger charge is 2.12. The van der Waals surface area contributed by atoms with E-state index in [0.29, 0.717) is 12.0 Å². The summed E-state index contributed by atoms with van der Waals surface area (Å²) in [6.45, 7) is 9.53. The van der Waals surface area contributed by atoms with Crippen molar-refractivity contribution in [1.82, 2.24) is 4.90 Å². The van der Waals surface area contributed by atoms with E-state index in [4.69, 9.17) is 5.11 Å². The van der Waals surface area contributed by atoms with Crippen LogP contribution in [0.5, 0.6) is 0 Å². The van der Waals surface area contributed by atoms with Gasteiger partial charge in [-0.2, -0.15) is 0 Å². The van der Waals surface area contributed by atoms with Crippen LogP contribution in [0.15, 0.2) is 11.3 Å². The summed E-state index contributed by atoms with van der Waals surface area (Å²) in [6.07, 6.45) is 0.581. The molecule has 1 N–H and O–H groups in total. The van der Waals surface area contributed by atoms with Gasteiger partial charge in [-0.15, -0.1) is 0 Å². The third-order valence-corrected chi connectivity index (χ3v) is 2.29. The minimum Gasteiger partial charge on any atom is -0.478 e. The van der Waals surface area contributed by atoms with E-state index in [0.717, 1.165) is 18.8 Å². The van der Waals surface area contributed by atoms with Gasteiger partial charge in [0, 0.05) is 18.8 Å². The molecule has 76 valence electrons. The fourth-order valence-electron chi connectivity index (χ4n) is 1.45. The number of allylic oxidation sites excluding steroid dienone is 1. The Kier molecular flexibility index (Phi) is 5.19. The maximum atomic E-state index is 10.8. The van der Waals surface area contributed by atoms with Crippen LogP contribution in [0.1, 0.15) is 34.1 Å². The second kappa shape index (κ2) is 5.62. The molecule has 0 amide bonds. The third kappa shape index (κ3) is 3.09. The number of carbonyl (C=O) groups is 1. The Balaban J connectivity index is 4.81. The normalized spacial score (nSPS) is 12.3. The Bertz CT molecular complexity index is 205. The fraction of sp³-hybridized carbons (Fsp3) is 0.700. The van der Waals surface area contributed by atoms with Crippen LogP contribution >= 0.6 is 0 Å². The van der Waals surface area contributed by atoms with Gasteiger partial charge in [0.05, 0.1) is 5.57 Å². The molecule has 0 aliphatic heterocycles. The highest BCUT2D eigenvalue weighted by Crippen LogP contribution is 2.12. The quantitative estimate of drug-likeness (QED) is 0.667. The topological polar surface area (TPSA) is 40.5 Å². The SMILES string of the molecule is CCC(C(=O)O)=C(C)N(CC)CC. The molecule has 0 saturated carbocycles. The minimum absolute atomic E-state index is 0.517. The number of aliphatic carboxylic acids is 1. The van der Waals surface area contributed by atoms with Crippen LogP contribution in [0.2, 0.25) is 0 Å². The molecule has 0 radical (unpaired) electrons. The zero-order valence-corrected chi connectivity index (χ0v) is 8.92. The van der Waals surface area contributed by atoms with Gasteiger partial charge >= 0.3 is 5.97 Å². The van der Waals surface area contributed by atoms with Crippen molar-refractivity contribution in [2.24, 2.45) is 0 Å². The van der Waals surface area contributed by atoms with Crippen molar-refractivity contribution < 1.29 is 9.90 Å². The van der Waals surface area contributed by atoms with E-state index in [-0.39, 0.29) is 0 Å². The number of nitrogens with zero attached hydrogens (tertiary/aromatic N) is 1. The molecule has 0 fully saturated rings. The molecule has 0 aromatic heterocycles. The second-order valence-electron chi connectivity index (χ2n) is 2.89. The molecule has 0 heterocycles. The molecule has 0 aromatic carbocycles. The van der Waals surface area contributed by atoms with Gasteiger partial charge in [-0.1, -0.05) is 6.92 Å². The second-order valence-corrected chi connectivity index (χ2v) is 2.89. The lowest BCUT2D eigenvalue weighted by Crippen LogP contribution is -2.23. The van der Waals surface area contributed by atoms with Gasteiger partial charge in [0.2, 0.25) is 0 Å². The van der Waals surface area contributed by atoms with Gasteiger partial charge in [-0.05, 0) is 27.2 Å². The summed E-state index contributed by atoms with van der Waals surface area (Å²) in [5.74, 6) is -0.799. The Morgan fingerprint density at radius 2 is 1.69 bits per heavy atom. The molecular formula is C10H19NO2.